The lowest BCUT2D eigenvalue weighted by Gasteiger charge is -2.23. The Morgan fingerprint density at radius 2 is 1.70 bits per heavy atom. The van der Waals surface area contributed by atoms with E-state index in [1.165, 1.54) is 12.5 Å². The van der Waals surface area contributed by atoms with E-state index in [1.54, 1.807) is 33.0 Å². The number of rotatable bonds is 13. The normalized spacial score (nSPS) is 11.9. The lowest BCUT2D eigenvalue weighted by atomic mass is 10.0. The molecule has 0 aromatic carbocycles. The second-order valence-electron chi connectivity index (χ2n) is 7.11. The van der Waals surface area contributed by atoms with Gasteiger partial charge in [-0.15, -0.1) is 0 Å². The summed E-state index contributed by atoms with van der Waals surface area (Å²) in [5.41, 5.74) is 4.82. The van der Waals surface area contributed by atoms with Gasteiger partial charge in [-0.3, -0.25) is 9.59 Å². The molecule has 10 nitrogen and oxygen atoms in total. The third-order valence-electron chi connectivity index (χ3n) is 3.72. The molecule has 0 saturated heterocycles. The van der Waals surface area contributed by atoms with E-state index in [-0.39, 0.29) is 25.4 Å². The molecule has 0 aliphatic carbocycles. The van der Waals surface area contributed by atoms with Gasteiger partial charge in [-0.25, -0.2) is 9.59 Å². The van der Waals surface area contributed by atoms with Crippen LogP contribution < -0.4 is 21.7 Å². The molecule has 190 valence electrons. The molecule has 0 rings (SSSR count). The fourth-order valence-electron chi connectivity index (χ4n) is 2.18. The summed E-state index contributed by atoms with van der Waals surface area (Å²) >= 11 is 0. The van der Waals surface area contributed by atoms with Crippen molar-refractivity contribution in [2.45, 2.75) is 59.0 Å². The zero-order valence-corrected chi connectivity index (χ0v) is 20.6. The fourth-order valence-corrected chi connectivity index (χ4v) is 2.18. The molecule has 0 aliphatic heterocycles. The molecule has 3 amide bonds. The van der Waals surface area contributed by atoms with Crippen LogP contribution in [0.5, 0.6) is 0 Å². The zero-order chi connectivity index (χ0) is 26.2. The number of carbonyl (C=O) groups excluding carboxylic acids is 3. The predicted octanol–water partition coefficient (Wildman–Crippen LogP) is 2.12. The number of alkyl carbamates (subject to hydrolysis) is 1. The summed E-state index contributed by atoms with van der Waals surface area (Å²) in [6.07, 6.45) is 6.33. The summed E-state index contributed by atoms with van der Waals surface area (Å²) in [6, 6.07) is -1.94. The molecule has 2 atom stereocenters. The van der Waals surface area contributed by atoms with E-state index >= 15 is 0 Å². The molecule has 0 aliphatic rings. The van der Waals surface area contributed by atoms with Crippen LogP contribution in [-0.2, 0) is 19.1 Å². The van der Waals surface area contributed by atoms with E-state index in [0.29, 0.717) is 18.5 Å². The second kappa shape index (κ2) is 23.5. The summed E-state index contributed by atoms with van der Waals surface area (Å²) in [6.45, 7) is 15.5. The van der Waals surface area contributed by atoms with E-state index in [2.05, 4.69) is 48.7 Å². The number of allylic oxidation sites excluding steroid dienone is 2. The molecule has 0 spiro atoms. The van der Waals surface area contributed by atoms with Crippen LogP contribution in [0.4, 0.5) is 4.79 Å². The molecular formula is C23H42N4O6. The lowest BCUT2D eigenvalue weighted by Crippen LogP contribution is -2.53. The van der Waals surface area contributed by atoms with E-state index in [0.717, 1.165) is 0 Å². The summed E-state index contributed by atoms with van der Waals surface area (Å²) < 4.78 is 5.07. The zero-order valence-electron chi connectivity index (χ0n) is 20.6. The average molecular weight is 471 g/mol. The minimum Gasteiger partial charge on any atom is -0.480 e. The number of ether oxygens (including phenoxy) is 1. The van der Waals surface area contributed by atoms with Crippen molar-refractivity contribution < 1.29 is 29.0 Å². The van der Waals surface area contributed by atoms with Gasteiger partial charge in [0.1, 0.15) is 18.7 Å². The highest BCUT2D eigenvalue weighted by atomic mass is 16.5. The minimum absolute atomic E-state index is 0.0183. The van der Waals surface area contributed by atoms with Gasteiger partial charge in [0.15, 0.2) is 0 Å². The number of nitrogens with one attached hydrogen (secondary N) is 3. The quantitative estimate of drug-likeness (QED) is 0.156. The number of nitrogens with two attached hydrogens (primary N) is 1. The van der Waals surface area contributed by atoms with Crippen LogP contribution in [0.15, 0.2) is 37.0 Å². The standard InChI is InChI=1S/C19H31N3O5.C3H8.CH3NO/c1-6-9-14(7-2)12-27-19(26)22-16(13(3)4)17(23)21-15(18(24)25)10-8-11-20-5;1-3-2;2-1-3/h6-7,9,13,15-16,20H,1-2,8,10-12H2,3-5H3,(H,21,23)(H,22,26)(H,24,25);3H2,1-2H3;1H,(H2,2,3)/b14-9+;;. The van der Waals surface area contributed by atoms with Gasteiger partial charge in [0.25, 0.3) is 0 Å². The monoisotopic (exact) mass is 470 g/mol. The number of hydrogen-bond acceptors (Lipinski definition) is 6. The summed E-state index contributed by atoms with van der Waals surface area (Å²) in [4.78, 5) is 44.4. The molecule has 6 N–H and O–H groups in total. The van der Waals surface area contributed by atoms with Gasteiger partial charge >= 0.3 is 12.1 Å². The van der Waals surface area contributed by atoms with Crippen molar-refractivity contribution in [3.05, 3.63) is 37.0 Å². The predicted molar refractivity (Wildman–Crippen MR) is 131 cm³/mol. The maximum Gasteiger partial charge on any atom is 0.408 e. The first-order valence-electron chi connectivity index (χ1n) is 10.8. The second-order valence-corrected chi connectivity index (χ2v) is 7.11. The van der Waals surface area contributed by atoms with Crippen LogP contribution in [-0.4, -0.2) is 61.8 Å². The minimum atomic E-state index is -1.12. The maximum absolute atomic E-state index is 12.5. The third-order valence-corrected chi connectivity index (χ3v) is 3.72. The van der Waals surface area contributed by atoms with Gasteiger partial charge in [0.2, 0.25) is 12.3 Å². The largest absolute Gasteiger partial charge is 0.480 e. The Kier molecular flexibility index (Phi) is 24.6. The first kappa shape index (κ1) is 34.5. The topological polar surface area (TPSA) is 160 Å². The molecule has 0 radical (unpaired) electrons. The van der Waals surface area contributed by atoms with Crippen molar-refractivity contribution in [1.29, 1.82) is 0 Å². The van der Waals surface area contributed by atoms with E-state index in [9.17, 15) is 19.5 Å². The average Bonchev–Trinajstić information content (AvgIpc) is 2.75. The Morgan fingerprint density at radius 3 is 2.09 bits per heavy atom. The Hall–Kier alpha value is -3.14. The molecule has 2 unspecified atom stereocenters. The van der Waals surface area contributed by atoms with Crippen LogP contribution >= 0.6 is 0 Å². The van der Waals surface area contributed by atoms with Crippen LogP contribution in [0.25, 0.3) is 0 Å². The molecule has 0 fully saturated rings. The Bertz CT molecular complexity index is 620. The SMILES string of the molecule is C=C/C=C(\C=C)COC(=O)NC(C(=O)NC(CCCNC)C(=O)O)C(C)C.CCC.NC=O. The van der Waals surface area contributed by atoms with Crippen molar-refractivity contribution in [1.82, 2.24) is 16.0 Å². The molecule has 10 heteroatoms. The van der Waals surface area contributed by atoms with Gasteiger partial charge in [-0.2, -0.15) is 0 Å². The number of primary amides is 1. The van der Waals surface area contributed by atoms with Crippen molar-refractivity contribution >= 4 is 24.4 Å². The smallest absolute Gasteiger partial charge is 0.408 e. The highest BCUT2D eigenvalue weighted by Crippen LogP contribution is 2.06. The summed E-state index contributed by atoms with van der Waals surface area (Å²) in [7, 11) is 1.76. The number of amides is 3. The first-order valence-corrected chi connectivity index (χ1v) is 10.8. The molecular weight excluding hydrogens is 428 g/mol. The first-order chi connectivity index (χ1) is 15.6. The van der Waals surface area contributed by atoms with Crippen LogP contribution in [0, 0.1) is 5.92 Å². The molecule has 0 bridgehead atoms. The highest BCUT2D eigenvalue weighted by Gasteiger charge is 2.28. The van der Waals surface area contributed by atoms with E-state index < -0.39 is 30.1 Å². The maximum atomic E-state index is 12.5. The summed E-state index contributed by atoms with van der Waals surface area (Å²) in [5.74, 6) is -1.94. The number of carboxylic acid groups (broad SMARTS) is 1. The van der Waals surface area contributed by atoms with E-state index in [4.69, 9.17) is 9.53 Å². The molecule has 0 aromatic rings. The van der Waals surface area contributed by atoms with Gasteiger partial charge in [0, 0.05) is 0 Å². The highest BCUT2D eigenvalue weighted by molar-refractivity contribution is 5.89. The Balaban J connectivity index is -0.00000134. The van der Waals surface area contributed by atoms with Crippen molar-refractivity contribution in [2.24, 2.45) is 11.7 Å². The van der Waals surface area contributed by atoms with E-state index in [1.807, 2.05) is 0 Å². The van der Waals surface area contributed by atoms with Crippen molar-refractivity contribution in [3.8, 4) is 0 Å². The van der Waals surface area contributed by atoms with Crippen LogP contribution in [0.3, 0.4) is 0 Å². The third kappa shape index (κ3) is 20.5. The number of hydrogen-bond donors (Lipinski definition) is 5. The molecule has 33 heavy (non-hydrogen) atoms. The lowest BCUT2D eigenvalue weighted by molar-refractivity contribution is -0.142. The van der Waals surface area contributed by atoms with Gasteiger partial charge in [0.05, 0.1) is 0 Å². The number of aliphatic carboxylic acids is 1. The van der Waals surface area contributed by atoms with Gasteiger partial charge in [-0.1, -0.05) is 65.5 Å². The van der Waals surface area contributed by atoms with Gasteiger partial charge in [-0.05, 0) is 37.9 Å². The number of carbonyl (C=O) groups is 4. The number of carboxylic acids is 1. The Labute approximate surface area is 197 Å². The summed E-state index contributed by atoms with van der Waals surface area (Å²) in [5, 5.41) is 17.2. The molecule has 0 saturated carbocycles. The molecule has 0 aromatic heterocycles. The van der Waals surface area contributed by atoms with Crippen molar-refractivity contribution in [3.63, 3.8) is 0 Å². The Morgan fingerprint density at radius 1 is 1.15 bits per heavy atom. The van der Waals surface area contributed by atoms with Gasteiger partial charge < -0.3 is 31.5 Å². The fraction of sp³-hybridized carbons (Fsp3) is 0.565. The van der Waals surface area contributed by atoms with Crippen LogP contribution in [0.2, 0.25) is 0 Å². The van der Waals surface area contributed by atoms with Crippen LogP contribution in [0.1, 0.15) is 47.0 Å². The van der Waals surface area contributed by atoms with Crippen molar-refractivity contribution in [2.75, 3.05) is 20.2 Å². The molecule has 0 heterocycles.